The Morgan fingerprint density at radius 1 is 1.24 bits per heavy atom. The van der Waals surface area contributed by atoms with Gasteiger partial charge in [-0.25, -0.2) is 4.79 Å². The topological polar surface area (TPSA) is 64.6 Å². The van der Waals surface area contributed by atoms with Gasteiger partial charge < -0.3 is 14.8 Å². The van der Waals surface area contributed by atoms with Crippen LogP contribution >= 0.6 is 11.3 Å². The molecule has 0 fully saturated rings. The van der Waals surface area contributed by atoms with Crippen molar-refractivity contribution < 1.29 is 19.1 Å². The van der Waals surface area contributed by atoms with Gasteiger partial charge in [0.25, 0.3) is 0 Å². The van der Waals surface area contributed by atoms with E-state index in [9.17, 15) is 9.59 Å². The average molecular weight is 357 g/mol. The van der Waals surface area contributed by atoms with E-state index < -0.39 is 5.97 Å². The molecule has 1 heterocycles. The van der Waals surface area contributed by atoms with Gasteiger partial charge >= 0.3 is 5.97 Å². The number of benzene rings is 1. The molecule has 3 rings (SSSR count). The van der Waals surface area contributed by atoms with Crippen LogP contribution in [0.3, 0.4) is 0 Å². The smallest absolute Gasteiger partial charge is 0.341 e. The number of aryl methyl sites for hydroxylation is 1. The molecule has 0 radical (unpaired) electrons. The van der Waals surface area contributed by atoms with Crippen LogP contribution in [-0.4, -0.2) is 26.1 Å². The zero-order valence-electron chi connectivity index (χ0n) is 14.1. The summed E-state index contributed by atoms with van der Waals surface area (Å²) in [6, 6.07) is 7.41. The maximum atomic E-state index is 12.3. The number of fused-ring (bicyclic) bond motifs is 1. The van der Waals surface area contributed by atoms with E-state index >= 15 is 0 Å². The number of carbonyl (C=O) groups is 2. The standard InChI is InChI=1S/C19H19NO4S/c1-23-13-6-3-5-12(11-13)9-10-16(21)20-18-17(19(22)24-2)14-7-4-8-15(14)25-18/h3,5-6,9-11H,4,7-8H2,1-2H3,(H,20,21). The lowest BCUT2D eigenvalue weighted by Gasteiger charge is -2.05. The second-order valence-electron chi connectivity index (χ2n) is 5.65. The maximum absolute atomic E-state index is 12.3. The van der Waals surface area contributed by atoms with Crippen molar-refractivity contribution in [2.45, 2.75) is 19.3 Å². The largest absolute Gasteiger partial charge is 0.497 e. The highest BCUT2D eigenvalue weighted by molar-refractivity contribution is 7.17. The fourth-order valence-electron chi connectivity index (χ4n) is 2.88. The Morgan fingerprint density at radius 3 is 2.84 bits per heavy atom. The molecule has 25 heavy (non-hydrogen) atoms. The number of rotatable bonds is 5. The lowest BCUT2D eigenvalue weighted by atomic mass is 10.1. The molecule has 1 N–H and O–H groups in total. The highest BCUT2D eigenvalue weighted by atomic mass is 32.1. The van der Waals surface area contributed by atoms with E-state index in [1.165, 1.54) is 24.5 Å². The van der Waals surface area contributed by atoms with Crippen molar-refractivity contribution in [2.75, 3.05) is 19.5 Å². The molecular weight excluding hydrogens is 338 g/mol. The Labute approximate surface area is 150 Å². The number of thiophene rings is 1. The third kappa shape index (κ3) is 3.74. The number of anilines is 1. The first kappa shape index (κ1) is 17.2. The Kier molecular flexibility index (Phi) is 5.19. The normalized spacial score (nSPS) is 12.9. The van der Waals surface area contributed by atoms with E-state index in [1.807, 2.05) is 24.3 Å². The van der Waals surface area contributed by atoms with Gasteiger partial charge in [0.15, 0.2) is 0 Å². The van der Waals surface area contributed by atoms with E-state index in [0.717, 1.165) is 41.0 Å². The number of carbonyl (C=O) groups excluding carboxylic acids is 2. The Hall–Kier alpha value is -2.60. The van der Waals surface area contributed by atoms with E-state index in [4.69, 9.17) is 9.47 Å². The summed E-state index contributed by atoms with van der Waals surface area (Å²) in [6.07, 6.45) is 5.98. The van der Waals surface area contributed by atoms with Crippen molar-refractivity contribution in [3.8, 4) is 5.75 Å². The molecule has 1 aromatic heterocycles. The number of nitrogens with one attached hydrogen (secondary N) is 1. The first-order valence-electron chi connectivity index (χ1n) is 7.98. The number of hydrogen-bond donors (Lipinski definition) is 1. The molecule has 0 unspecified atom stereocenters. The van der Waals surface area contributed by atoms with Gasteiger partial charge in [-0.3, -0.25) is 4.79 Å². The number of esters is 1. The highest BCUT2D eigenvalue weighted by Gasteiger charge is 2.27. The molecule has 2 aromatic rings. The monoisotopic (exact) mass is 357 g/mol. The van der Waals surface area contributed by atoms with Crippen LogP contribution in [0.2, 0.25) is 0 Å². The van der Waals surface area contributed by atoms with Gasteiger partial charge in [0.05, 0.1) is 19.8 Å². The minimum atomic E-state index is -0.397. The van der Waals surface area contributed by atoms with Crippen molar-refractivity contribution in [3.05, 3.63) is 51.9 Å². The van der Waals surface area contributed by atoms with Crippen LogP contribution in [0.15, 0.2) is 30.3 Å². The number of amides is 1. The molecule has 0 aliphatic heterocycles. The molecule has 0 bridgehead atoms. The lowest BCUT2D eigenvalue weighted by molar-refractivity contribution is -0.111. The summed E-state index contributed by atoms with van der Waals surface area (Å²) in [5.41, 5.74) is 2.38. The second kappa shape index (κ2) is 7.53. The van der Waals surface area contributed by atoms with E-state index in [0.29, 0.717) is 10.6 Å². The molecule has 1 aromatic carbocycles. The molecular formula is C19H19NO4S. The minimum Gasteiger partial charge on any atom is -0.497 e. The van der Waals surface area contributed by atoms with Crippen molar-refractivity contribution >= 4 is 34.3 Å². The van der Waals surface area contributed by atoms with E-state index in [1.54, 1.807) is 13.2 Å². The predicted molar refractivity (Wildman–Crippen MR) is 98.3 cm³/mol. The molecule has 0 saturated heterocycles. The van der Waals surface area contributed by atoms with Crippen LogP contribution < -0.4 is 10.1 Å². The molecule has 0 atom stereocenters. The molecule has 1 aliphatic rings. The Morgan fingerprint density at radius 2 is 2.08 bits per heavy atom. The summed E-state index contributed by atoms with van der Waals surface area (Å²) in [5.74, 6) is 0.0459. The Bertz CT molecular complexity index is 838. The number of hydrogen-bond acceptors (Lipinski definition) is 5. The van der Waals surface area contributed by atoms with Gasteiger partial charge in [-0.05, 0) is 48.6 Å². The highest BCUT2D eigenvalue weighted by Crippen LogP contribution is 2.39. The SMILES string of the molecule is COC(=O)c1c(NC(=O)C=Cc2cccc(OC)c2)sc2c1CCC2. The van der Waals surface area contributed by atoms with Crippen molar-refractivity contribution in [3.63, 3.8) is 0 Å². The third-order valence-corrected chi connectivity index (χ3v) is 5.28. The summed E-state index contributed by atoms with van der Waals surface area (Å²) >= 11 is 1.46. The van der Waals surface area contributed by atoms with Crippen LogP contribution in [0.5, 0.6) is 5.75 Å². The third-order valence-electron chi connectivity index (χ3n) is 4.07. The molecule has 0 spiro atoms. The summed E-state index contributed by atoms with van der Waals surface area (Å²) in [5, 5.41) is 3.38. The molecule has 1 aliphatic carbocycles. The summed E-state index contributed by atoms with van der Waals surface area (Å²) in [4.78, 5) is 25.5. The summed E-state index contributed by atoms with van der Waals surface area (Å²) in [7, 11) is 2.95. The quantitative estimate of drug-likeness (QED) is 0.655. The number of methoxy groups -OCH3 is 2. The van der Waals surface area contributed by atoms with Crippen LogP contribution in [0, 0.1) is 0 Å². The molecule has 5 nitrogen and oxygen atoms in total. The van der Waals surface area contributed by atoms with Gasteiger partial charge in [-0.15, -0.1) is 11.3 Å². The summed E-state index contributed by atoms with van der Waals surface area (Å²) < 4.78 is 10.0. The van der Waals surface area contributed by atoms with Gasteiger partial charge in [0.2, 0.25) is 5.91 Å². The second-order valence-corrected chi connectivity index (χ2v) is 6.76. The van der Waals surface area contributed by atoms with Crippen molar-refractivity contribution in [1.29, 1.82) is 0 Å². The van der Waals surface area contributed by atoms with Crippen LogP contribution in [0.1, 0.15) is 32.8 Å². The zero-order valence-corrected chi connectivity index (χ0v) is 14.9. The predicted octanol–water partition coefficient (Wildman–Crippen LogP) is 3.68. The van der Waals surface area contributed by atoms with Crippen LogP contribution in [0.4, 0.5) is 5.00 Å². The van der Waals surface area contributed by atoms with Gasteiger partial charge in [0.1, 0.15) is 10.8 Å². The molecule has 1 amide bonds. The molecule has 6 heteroatoms. The van der Waals surface area contributed by atoms with Gasteiger partial charge in [-0.2, -0.15) is 0 Å². The number of ether oxygens (including phenoxy) is 2. The fourth-order valence-corrected chi connectivity index (χ4v) is 4.16. The first-order chi connectivity index (χ1) is 12.1. The van der Waals surface area contributed by atoms with Crippen molar-refractivity contribution in [2.24, 2.45) is 0 Å². The molecule has 0 saturated carbocycles. The van der Waals surface area contributed by atoms with Crippen LogP contribution in [-0.2, 0) is 22.4 Å². The maximum Gasteiger partial charge on any atom is 0.341 e. The van der Waals surface area contributed by atoms with Crippen LogP contribution in [0.25, 0.3) is 6.08 Å². The van der Waals surface area contributed by atoms with Crippen molar-refractivity contribution in [1.82, 2.24) is 0 Å². The minimum absolute atomic E-state index is 0.284. The summed E-state index contributed by atoms with van der Waals surface area (Å²) in [6.45, 7) is 0. The average Bonchev–Trinajstić information content (AvgIpc) is 3.20. The van der Waals surface area contributed by atoms with E-state index in [-0.39, 0.29) is 5.91 Å². The zero-order chi connectivity index (χ0) is 17.8. The Balaban J connectivity index is 1.77. The lowest BCUT2D eigenvalue weighted by Crippen LogP contribution is -2.12. The first-order valence-corrected chi connectivity index (χ1v) is 8.80. The van der Waals surface area contributed by atoms with E-state index in [2.05, 4.69) is 5.32 Å². The fraction of sp³-hybridized carbons (Fsp3) is 0.263. The van der Waals surface area contributed by atoms with Gasteiger partial charge in [-0.1, -0.05) is 12.1 Å². The molecule has 130 valence electrons. The van der Waals surface area contributed by atoms with Gasteiger partial charge in [0, 0.05) is 11.0 Å².